The number of carbonyl (C=O) groups is 2. The van der Waals surface area contributed by atoms with Crippen molar-refractivity contribution in [2.24, 2.45) is 5.92 Å². The maximum absolute atomic E-state index is 12.6. The first-order chi connectivity index (χ1) is 15.1. The van der Waals surface area contributed by atoms with E-state index in [-0.39, 0.29) is 29.9 Å². The molecule has 0 spiro atoms. The van der Waals surface area contributed by atoms with Crippen LogP contribution in [0.4, 0.5) is 0 Å². The Balaban J connectivity index is 1.22. The first-order valence-electron chi connectivity index (χ1n) is 10.7. The van der Waals surface area contributed by atoms with E-state index in [1.165, 1.54) is 0 Å². The first-order valence-corrected chi connectivity index (χ1v) is 11.8. The van der Waals surface area contributed by atoms with E-state index >= 15 is 0 Å². The Bertz CT molecular complexity index is 943. The number of thioether (sulfide) groups is 1. The maximum atomic E-state index is 12.6. The van der Waals surface area contributed by atoms with E-state index in [4.69, 9.17) is 4.74 Å². The van der Waals surface area contributed by atoms with Gasteiger partial charge in [-0.05, 0) is 37.8 Å². The predicted octanol–water partition coefficient (Wildman–Crippen LogP) is 2.79. The van der Waals surface area contributed by atoms with Crippen molar-refractivity contribution < 1.29 is 14.3 Å². The Labute approximate surface area is 186 Å². The summed E-state index contributed by atoms with van der Waals surface area (Å²) in [6, 6.07) is 9.54. The second-order valence-electron chi connectivity index (χ2n) is 7.98. The first kappa shape index (κ1) is 21.5. The summed E-state index contributed by atoms with van der Waals surface area (Å²) in [6.07, 6.45) is 5.53. The van der Waals surface area contributed by atoms with Gasteiger partial charge in [0.05, 0.1) is 18.1 Å². The van der Waals surface area contributed by atoms with Crippen LogP contribution in [0.1, 0.15) is 36.2 Å². The van der Waals surface area contributed by atoms with E-state index in [1.54, 1.807) is 24.2 Å². The minimum Gasteiger partial charge on any atom is -0.483 e. The highest BCUT2D eigenvalue weighted by Crippen LogP contribution is 2.31. The van der Waals surface area contributed by atoms with Crippen molar-refractivity contribution in [3.63, 3.8) is 0 Å². The van der Waals surface area contributed by atoms with Crippen LogP contribution in [0.5, 0.6) is 0 Å². The van der Waals surface area contributed by atoms with Crippen molar-refractivity contribution in [2.45, 2.75) is 44.1 Å². The van der Waals surface area contributed by atoms with Crippen molar-refractivity contribution in [1.29, 1.82) is 0 Å². The van der Waals surface area contributed by atoms with Crippen molar-refractivity contribution in [3.8, 4) is 0 Å². The molecule has 0 bridgehead atoms. The van der Waals surface area contributed by atoms with Gasteiger partial charge in [-0.2, -0.15) is 11.8 Å². The Kier molecular flexibility index (Phi) is 6.96. The van der Waals surface area contributed by atoms with E-state index in [1.807, 2.05) is 37.3 Å². The molecule has 1 aliphatic heterocycles. The SMILES string of the molecule is Cc1[nH]cnc1CSCCNC(=O)C1CCC2O/C(=C\c3ccccc3)C(=O)NC2C1. The number of fused-ring (bicyclic) bond motifs is 1. The number of imidazole rings is 1. The van der Waals surface area contributed by atoms with Gasteiger partial charge in [0.2, 0.25) is 5.91 Å². The van der Waals surface area contributed by atoms with E-state index in [2.05, 4.69) is 20.6 Å². The van der Waals surface area contributed by atoms with Crippen LogP contribution in [-0.4, -0.2) is 46.2 Å². The number of morpholine rings is 1. The van der Waals surface area contributed by atoms with Crippen LogP contribution in [0.2, 0.25) is 0 Å². The average molecular weight is 441 g/mol. The lowest BCUT2D eigenvalue weighted by atomic mass is 9.82. The fourth-order valence-corrected chi connectivity index (χ4v) is 4.90. The number of amides is 2. The molecule has 8 heteroatoms. The van der Waals surface area contributed by atoms with Gasteiger partial charge in [0.25, 0.3) is 5.91 Å². The standard InChI is InChI=1S/C23H28N4O3S/c1-15-19(26-14-25-15)13-31-10-9-24-22(28)17-7-8-20-18(12-17)27-23(29)21(30-20)11-16-5-3-2-4-6-16/h2-6,11,14,17-18,20H,7-10,12-13H2,1H3,(H,24,28)(H,25,26)(H,27,29)/b21-11-. The molecule has 1 aromatic carbocycles. The molecule has 2 heterocycles. The lowest BCUT2D eigenvalue weighted by Gasteiger charge is -2.39. The molecule has 0 radical (unpaired) electrons. The zero-order valence-corrected chi connectivity index (χ0v) is 18.4. The van der Waals surface area contributed by atoms with Crippen molar-refractivity contribution in [2.75, 3.05) is 12.3 Å². The summed E-state index contributed by atoms with van der Waals surface area (Å²) >= 11 is 1.75. The number of H-pyrrole nitrogens is 1. The van der Waals surface area contributed by atoms with Crippen LogP contribution in [0.15, 0.2) is 42.4 Å². The van der Waals surface area contributed by atoms with E-state index in [0.717, 1.165) is 41.3 Å². The predicted molar refractivity (Wildman–Crippen MR) is 121 cm³/mol. The lowest BCUT2D eigenvalue weighted by molar-refractivity contribution is -0.134. The van der Waals surface area contributed by atoms with Crippen LogP contribution < -0.4 is 10.6 Å². The zero-order valence-electron chi connectivity index (χ0n) is 17.6. The number of rotatable bonds is 7. The van der Waals surface area contributed by atoms with Crippen LogP contribution in [0.25, 0.3) is 6.08 Å². The number of benzene rings is 1. The molecule has 1 aromatic heterocycles. The molecular formula is C23H28N4O3S. The highest BCUT2D eigenvalue weighted by molar-refractivity contribution is 7.98. The fraction of sp³-hybridized carbons (Fsp3) is 0.435. The van der Waals surface area contributed by atoms with E-state index < -0.39 is 0 Å². The number of aromatic amines is 1. The number of aryl methyl sites for hydroxylation is 1. The molecule has 2 aliphatic rings. The minimum atomic E-state index is -0.212. The van der Waals surface area contributed by atoms with E-state index in [9.17, 15) is 9.59 Å². The summed E-state index contributed by atoms with van der Waals surface area (Å²) in [5, 5.41) is 6.09. The van der Waals surface area contributed by atoms with Crippen molar-refractivity contribution in [3.05, 3.63) is 59.4 Å². The largest absolute Gasteiger partial charge is 0.483 e. The summed E-state index contributed by atoms with van der Waals surface area (Å²) in [5.41, 5.74) is 3.08. The summed E-state index contributed by atoms with van der Waals surface area (Å²) in [5.74, 6) is 1.78. The van der Waals surface area contributed by atoms with Gasteiger partial charge in [-0.15, -0.1) is 0 Å². The quantitative estimate of drug-likeness (QED) is 0.455. The van der Waals surface area contributed by atoms with Gasteiger partial charge in [-0.3, -0.25) is 9.59 Å². The molecule has 164 valence electrons. The summed E-state index contributed by atoms with van der Waals surface area (Å²) in [6.45, 7) is 2.64. The Morgan fingerprint density at radius 2 is 2.16 bits per heavy atom. The monoisotopic (exact) mass is 440 g/mol. The zero-order chi connectivity index (χ0) is 21.6. The molecule has 2 aromatic rings. The Morgan fingerprint density at radius 1 is 1.32 bits per heavy atom. The summed E-state index contributed by atoms with van der Waals surface area (Å²) < 4.78 is 6.00. The Morgan fingerprint density at radius 3 is 2.94 bits per heavy atom. The number of nitrogens with zero attached hydrogens (tertiary/aromatic N) is 1. The second-order valence-corrected chi connectivity index (χ2v) is 9.09. The number of hydrogen-bond donors (Lipinski definition) is 3. The van der Waals surface area contributed by atoms with Gasteiger partial charge >= 0.3 is 0 Å². The summed E-state index contributed by atoms with van der Waals surface area (Å²) in [7, 11) is 0. The number of carbonyl (C=O) groups excluding carboxylic acids is 2. The minimum absolute atomic E-state index is 0.0647. The molecule has 2 fully saturated rings. The molecule has 7 nitrogen and oxygen atoms in total. The Hall–Kier alpha value is -2.74. The number of aromatic nitrogens is 2. The molecule has 1 saturated carbocycles. The highest BCUT2D eigenvalue weighted by atomic mass is 32.2. The molecule has 31 heavy (non-hydrogen) atoms. The molecule has 2 amide bonds. The van der Waals surface area contributed by atoms with Crippen molar-refractivity contribution in [1.82, 2.24) is 20.6 Å². The number of hydrogen-bond acceptors (Lipinski definition) is 5. The molecule has 3 N–H and O–H groups in total. The van der Waals surface area contributed by atoms with E-state index in [0.29, 0.717) is 18.7 Å². The van der Waals surface area contributed by atoms with Gasteiger partial charge in [0, 0.05) is 29.7 Å². The molecule has 3 atom stereocenters. The van der Waals surface area contributed by atoms with Crippen LogP contribution in [0.3, 0.4) is 0 Å². The fourth-order valence-electron chi connectivity index (χ4n) is 4.02. The summed E-state index contributed by atoms with van der Waals surface area (Å²) in [4.78, 5) is 32.4. The average Bonchev–Trinajstić information content (AvgIpc) is 3.19. The molecule has 1 saturated heterocycles. The van der Waals surface area contributed by atoms with Crippen LogP contribution in [-0.2, 0) is 20.1 Å². The van der Waals surface area contributed by atoms with Gasteiger partial charge < -0.3 is 20.4 Å². The lowest BCUT2D eigenvalue weighted by Crippen LogP contribution is -2.54. The van der Waals surface area contributed by atoms with Gasteiger partial charge in [0.15, 0.2) is 5.76 Å². The molecule has 4 rings (SSSR count). The highest BCUT2D eigenvalue weighted by Gasteiger charge is 2.40. The normalized spacial score (nSPS) is 24.2. The molecule has 3 unspecified atom stereocenters. The third kappa shape index (κ3) is 5.50. The smallest absolute Gasteiger partial charge is 0.286 e. The van der Waals surface area contributed by atoms with Crippen LogP contribution in [0, 0.1) is 12.8 Å². The molecule has 1 aliphatic carbocycles. The maximum Gasteiger partial charge on any atom is 0.286 e. The second kappa shape index (κ2) is 10.0. The topological polar surface area (TPSA) is 96.1 Å². The van der Waals surface area contributed by atoms with Gasteiger partial charge in [-0.1, -0.05) is 30.3 Å². The molecular weight excluding hydrogens is 412 g/mol. The van der Waals surface area contributed by atoms with Crippen LogP contribution >= 0.6 is 11.8 Å². The third-order valence-corrected chi connectivity index (χ3v) is 6.76. The van der Waals surface area contributed by atoms with Crippen molar-refractivity contribution >= 4 is 29.7 Å². The third-order valence-electron chi connectivity index (χ3n) is 5.79. The van der Waals surface area contributed by atoms with Gasteiger partial charge in [0.1, 0.15) is 6.10 Å². The number of ether oxygens (including phenoxy) is 1. The number of nitrogens with one attached hydrogen (secondary N) is 3. The van der Waals surface area contributed by atoms with Gasteiger partial charge in [-0.25, -0.2) is 4.98 Å².